The van der Waals surface area contributed by atoms with Crippen LogP contribution in [0.2, 0.25) is 0 Å². The van der Waals surface area contributed by atoms with Crippen LogP contribution in [-0.4, -0.2) is 33.3 Å². The Morgan fingerprint density at radius 3 is 2.35 bits per heavy atom. The number of nitrogens with one attached hydrogen (secondary N) is 1. The van der Waals surface area contributed by atoms with Crippen molar-refractivity contribution in [3.63, 3.8) is 0 Å². The average Bonchev–Trinajstić information content (AvgIpc) is 3.20. The number of nitrogens with zero attached hydrogens (tertiary/aromatic N) is 2. The number of aryl methyl sites for hydroxylation is 1. The summed E-state index contributed by atoms with van der Waals surface area (Å²) < 4.78 is 50.0. The number of carboxylic acid groups (broad SMARTS) is 1. The van der Waals surface area contributed by atoms with Gasteiger partial charge in [-0.2, -0.15) is 13.2 Å². The Morgan fingerprint density at radius 1 is 1.10 bits per heavy atom. The Balaban J connectivity index is 0.000000423. The van der Waals surface area contributed by atoms with Crippen molar-refractivity contribution >= 4 is 11.9 Å². The van der Waals surface area contributed by atoms with E-state index < -0.39 is 12.1 Å². The maximum Gasteiger partial charge on any atom is 0.490 e. The molecule has 1 aromatic carbocycles. The van der Waals surface area contributed by atoms with E-state index in [4.69, 9.17) is 14.4 Å². The Labute approximate surface area is 173 Å². The third kappa shape index (κ3) is 7.88. The van der Waals surface area contributed by atoms with E-state index >= 15 is 0 Å². The highest BCUT2D eigenvalue weighted by Gasteiger charge is 2.38. The van der Waals surface area contributed by atoms with E-state index in [1.165, 1.54) is 12.1 Å². The highest BCUT2D eigenvalue weighted by atomic mass is 19.4. The van der Waals surface area contributed by atoms with Gasteiger partial charge in [-0.1, -0.05) is 11.2 Å². The van der Waals surface area contributed by atoms with Crippen LogP contribution in [0.3, 0.4) is 0 Å². The van der Waals surface area contributed by atoms with E-state index in [1.54, 1.807) is 24.5 Å². The SMILES string of the molecule is O=C(CCc1cnoc1-c1ccc(F)cc1)NCc1ccccn1.O=C(O)C(F)(F)F. The van der Waals surface area contributed by atoms with Crippen molar-refractivity contribution in [1.29, 1.82) is 0 Å². The van der Waals surface area contributed by atoms with Crippen LogP contribution < -0.4 is 5.32 Å². The van der Waals surface area contributed by atoms with Gasteiger partial charge >= 0.3 is 12.1 Å². The fourth-order valence-electron chi connectivity index (χ4n) is 2.31. The molecule has 164 valence electrons. The van der Waals surface area contributed by atoms with Gasteiger partial charge in [0, 0.05) is 23.7 Å². The zero-order valence-electron chi connectivity index (χ0n) is 15.9. The van der Waals surface area contributed by atoms with Crippen molar-refractivity contribution in [2.24, 2.45) is 0 Å². The quantitative estimate of drug-likeness (QED) is 0.567. The molecule has 0 fully saturated rings. The molecule has 0 bridgehead atoms. The van der Waals surface area contributed by atoms with Crippen LogP contribution in [0.5, 0.6) is 0 Å². The summed E-state index contributed by atoms with van der Waals surface area (Å²) in [4.78, 5) is 25.0. The number of aromatic nitrogens is 2. The zero-order valence-corrected chi connectivity index (χ0v) is 15.9. The number of benzene rings is 1. The molecule has 0 saturated heterocycles. The first-order valence-corrected chi connectivity index (χ1v) is 8.83. The molecule has 7 nitrogen and oxygen atoms in total. The summed E-state index contributed by atoms with van der Waals surface area (Å²) in [5, 5.41) is 13.7. The molecule has 2 N–H and O–H groups in total. The van der Waals surface area contributed by atoms with Crippen LogP contribution in [0.4, 0.5) is 17.6 Å². The topological polar surface area (TPSA) is 105 Å². The molecule has 1 amide bonds. The molecule has 2 aromatic heterocycles. The predicted molar refractivity (Wildman–Crippen MR) is 100.0 cm³/mol. The summed E-state index contributed by atoms with van der Waals surface area (Å²) in [6.45, 7) is 0.397. The number of carboxylic acids is 1. The molecule has 0 unspecified atom stereocenters. The highest BCUT2D eigenvalue weighted by molar-refractivity contribution is 5.76. The Bertz CT molecular complexity index is 990. The van der Waals surface area contributed by atoms with Crippen LogP contribution in [0, 0.1) is 5.82 Å². The van der Waals surface area contributed by atoms with Gasteiger partial charge in [-0.15, -0.1) is 0 Å². The molecule has 0 atom stereocenters. The molecule has 0 saturated carbocycles. The Kier molecular flexibility index (Phi) is 8.24. The fraction of sp³-hybridized carbons (Fsp3) is 0.200. The maximum atomic E-state index is 13.0. The number of carbonyl (C=O) groups is 2. The van der Waals surface area contributed by atoms with Crippen LogP contribution >= 0.6 is 0 Å². The number of hydrogen-bond donors (Lipinski definition) is 2. The predicted octanol–water partition coefficient (Wildman–Crippen LogP) is 3.76. The fourth-order valence-corrected chi connectivity index (χ4v) is 2.31. The zero-order chi connectivity index (χ0) is 22.9. The van der Waals surface area contributed by atoms with E-state index in [-0.39, 0.29) is 11.7 Å². The molecule has 0 radical (unpaired) electrons. The van der Waals surface area contributed by atoms with Crippen LogP contribution in [0.25, 0.3) is 11.3 Å². The van der Waals surface area contributed by atoms with Gasteiger partial charge < -0.3 is 14.9 Å². The first-order chi connectivity index (χ1) is 14.7. The number of pyridine rings is 1. The van der Waals surface area contributed by atoms with Crippen molar-refractivity contribution in [1.82, 2.24) is 15.5 Å². The van der Waals surface area contributed by atoms with E-state index in [1.807, 2.05) is 18.2 Å². The summed E-state index contributed by atoms with van der Waals surface area (Å²) in [6, 6.07) is 11.5. The number of alkyl halides is 3. The third-order valence-corrected chi connectivity index (χ3v) is 3.81. The Hall–Kier alpha value is -3.76. The standard InChI is InChI=1S/C18H16FN3O2.C2HF3O2/c19-15-7-4-13(5-8-15)18-14(11-22-24-18)6-9-17(23)21-12-16-3-1-2-10-20-16;3-2(4,5)1(6)7/h1-5,7-8,10-11H,6,9,12H2,(H,21,23);(H,6,7). The summed E-state index contributed by atoms with van der Waals surface area (Å²) in [5.41, 5.74) is 2.36. The summed E-state index contributed by atoms with van der Waals surface area (Å²) in [6.07, 6.45) is -1.01. The highest BCUT2D eigenvalue weighted by Crippen LogP contribution is 2.24. The average molecular weight is 439 g/mol. The van der Waals surface area contributed by atoms with Gasteiger partial charge in [0.05, 0.1) is 18.4 Å². The molecule has 0 aliphatic carbocycles. The summed E-state index contributed by atoms with van der Waals surface area (Å²) in [7, 11) is 0. The lowest BCUT2D eigenvalue weighted by Crippen LogP contribution is -2.23. The molecular formula is C20H17F4N3O4. The maximum absolute atomic E-state index is 13.0. The second-order valence-corrected chi connectivity index (χ2v) is 6.09. The van der Waals surface area contributed by atoms with E-state index in [0.717, 1.165) is 16.8 Å². The number of halogens is 4. The first-order valence-electron chi connectivity index (χ1n) is 8.83. The van der Waals surface area contributed by atoms with Crippen molar-refractivity contribution in [2.75, 3.05) is 0 Å². The minimum absolute atomic E-state index is 0.0769. The van der Waals surface area contributed by atoms with Gasteiger partial charge in [0.2, 0.25) is 5.91 Å². The van der Waals surface area contributed by atoms with Gasteiger partial charge in [0.1, 0.15) is 5.82 Å². The molecule has 3 rings (SSSR count). The summed E-state index contributed by atoms with van der Waals surface area (Å²) in [5.74, 6) is -2.58. The van der Waals surface area contributed by atoms with Crippen molar-refractivity contribution in [3.05, 3.63) is 71.9 Å². The van der Waals surface area contributed by atoms with Crippen LogP contribution in [0.15, 0.2) is 59.4 Å². The van der Waals surface area contributed by atoms with E-state index in [9.17, 15) is 22.4 Å². The molecular weight excluding hydrogens is 422 g/mol. The van der Waals surface area contributed by atoms with Crippen molar-refractivity contribution in [3.8, 4) is 11.3 Å². The van der Waals surface area contributed by atoms with Crippen LogP contribution in [0.1, 0.15) is 17.7 Å². The number of aliphatic carboxylic acids is 1. The molecule has 2 heterocycles. The van der Waals surface area contributed by atoms with E-state index in [2.05, 4.69) is 15.5 Å². The lowest BCUT2D eigenvalue weighted by Gasteiger charge is -2.05. The Morgan fingerprint density at radius 2 is 1.77 bits per heavy atom. The second-order valence-electron chi connectivity index (χ2n) is 6.09. The van der Waals surface area contributed by atoms with Crippen LogP contribution in [-0.2, 0) is 22.6 Å². The largest absolute Gasteiger partial charge is 0.490 e. The van der Waals surface area contributed by atoms with Gasteiger partial charge in [-0.3, -0.25) is 9.78 Å². The minimum atomic E-state index is -5.08. The number of hydrogen-bond acceptors (Lipinski definition) is 5. The molecule has 11 heteroatoms. The van der Waals surface area contributed by atoms with Gasteiger partial charge in [0.25, 0.3) is 0 Å². The normalized spacial score (nSPS) is 10.7. The van der Waals surface area contributed by atoms with Crippen molar-refractivity contribution in [2.45, 2.75) is 25.6 Å². The third-order valence-electron chi connectivity index (χ3n) is 3.81. The molecule has 0 aliphatic heterocycles. The lowest BCUT2D eigenvalue weighted by molar-refractivity contribution is -0.192. The van der Waals surface area contributed by atoms with Crippen molar-refractivity contribution < 1.29 is 36.8 Å². The number of rotatable bonds is 6. The molecule has 0 aliphatic rings. The smallest absolute Gasteiger partial charge is 0.475 e. The molecule has 31 heavy (non-hydrogen) atoms. The lowest BCUT2D eigenvalue weighted by atomic mass is 10.1. The second kappa shape index (κ2) is 10.9. The van der Waals surface area contributed by atoms with Gasteiger partial charge in [-0.05, 0) is 42.8 Å². The van der Waals surface area contributed by atoms with Gasteiger partial charge in [-0.25, -0.2) is 9.18 Å². The van der Waals surface area contributed by atoms with E-state index in [0.29, 0.717) is 25.1 Å². The summed E-state index contributed by atoms with van der Waals surface area (Å²) >= 11 is 0. The number of amides is 1. The van der Waals surface area contributed by atoms with Gasteiger partial charge in [0.15, 0.2) is 5.76 Å². The molecule has 0 spiro atoms. The monoisotopic (exact) mass is 439 g/mol. The first kappa shape index (κ1) is 23.5. The number of carbonyl (C=O) groups excluding carboxylic acids is 1. The molecule has 3 aromatic rings. The minimum Gasteiger partial charge on any atom is -0.475 e.